The van der Waals surface area contributed by atoms with Crippen LogP contribution in [0.25, 0.3) is 0 Å². The van der Waals surface area contributed by atoms with Crippen LogP contribution in [0, 0.1) is 10.1 Å². The Labute approximate surface area is 308 Å². The molecule has 3 atom stereocenters. The van der Waals surface area contributed by atoms with E-state index >= 15 is 0 Å². The van der Waals surface area contributed by atoms with Crippen molar-refractivity contribution in [3.05, 3.63) is 128 Å². The quantitative estimate of drug-likeness (QED) is 0.0791. The van der Waals surface area contributed by atoms with Gasteiger partial charge in [0.2, 0.25) is 5.91 Å². The van der Waals surface area contributed by atoms with Gasteiger partial charge in [-0.3, -0.25) is 14.9 Å². The van der Waals surface area contributed by atoms with Gasteiger partial charge in [0.05, 0.1) is 24.0 Å². The van der Waals surface area contributed by atoms with Crippen LogP contribution in [0.1, 0.15) is 70.2 Å². The first-order valence-electron chi connectivity index (χ1n) is 16.3. The fourth-order valence-corrected chi connectivity index (χ4v) is 5.92. The number of methoxy groups -OCH3 is 1. The maximum Gasteiger partial charge on any atom is 0.329 e. The molecule has 0 heterocycles. The van der Waals surface area contributed by atoms with Gasteiger partial charge in [-0.1, -0.05) is 59.6 Å². The minimum Gasteiger partial charge on any atom is -0.497 e. The van der Waals surface area contributed by atoms with Gasteiger partial charge in [0.15, 0.2) is 0 Å². The van der Waals surface area contributed by atoms with Gasteiger partial charge in [-0.25, -0.2) is 4.79 Å². The molecule has 51 heavy (non-hydrogen) atoms. The monoisotopic (exact) mass is 735 g/mol. The number of hydrogen-bond donors (Lipinski definition) is 2. The van der Waals surface area contributed by atoms with Crippen LogP contribution in [0.5, 0.6) is 11.5 Å². The fraction of sp³-hybridized carbons (Fsp3) is 0.333. The Kier molecular flexibility index (Phi) is 12.6. The van der Waals surface area contributed by atoms with Crippen LogP contribution >= 0.6 is 23.2 Å². The molecule has 0 radical (unpaired) electrons. The van der Waals surface area contributed by atoms with E-state index in [2.05, 4.69) is 10.6 Å². The number of nitrogens with one attached hydrogen (secondary N) is 2. The summed E-state index contributed by atoms with van der Waals surface area (Å²) in [5.41, 5.74) is 1.07. The number of carbonyl (C=O) groups excluding carboxylic acids is 2. The minimum atomic E-state index is -1.08. The van der Waals surface area contributed by atoms with E-state index in [1.807, 2.05) is 45.0 Å². The van der Waals surface area contributed by atoms with E-state index < -0.39 is 46.0 Å². The van der Waals surface area contributed by atoms with Crippen molar-refractivity contribution in [2.45, 2.75) is 77.2 Å². The van der Waals surface area contributed by atoms with Crippen molar-refractivity contribution in [1.29, 1.82) is 0 Å². The molecule has 4 aromatic rings. The Balaban J connectivity index is 1.80. The average molecular weight is 737 g/mol. The lowest BCUT2D eigenvalue weighted by Gasteiger charge is -2.31. The topological polar surface area (TPSA) is 129 Å². The molecule has 0 aliphatic heterocycles. The molecule has 0 aliphatic rings. The second-order valence-electron chi connectivity index (χ2n) is 14.0. The van der Waals surface area contributed by atoms with Crippen molar-refractivity contribution in [2.75, 3.05) is 12.4 Å². The molecule has 1 amide bonds. The van der Waals surface area contributed by atoms with Crippen molar-refractivity contribution in [1.82, 2.24) is 5.32 Å². The number of rotatable bonds is 13. The number of non-ortho nitro benzene ring substituents is 1. The van der Waals surface area contributed by atoms with E-state index in [-0.39, 0.29) is 12.1 Å². The van der Waals surface area contributed by atoms with E-state index in [4.69, 9.17) is 37.4 Å². The third-order valence-corrected chi connectivity index (χ3v) is 7.97. The van der Waals surface area contributed by atoms with Gasteiger partial charge in [-0.2, -0.15) is 0 Å². The van der Waals surface area contributed by atoms with Gasteiger partial charge in [-0.05, 0) is 101 Å². The Morgan fingerprint density at radius 2 is 1.33 bits per heavy atom. The van der Waals surface area contributed by atoms with Gasteiger partial charge in [0, 0.05) is 34.3 Å². The number of amides is 1. The van der Waals surface area contributed by atoms with Crippen LogP contribution in [0.4, 0.5) is 11.4 Å². The molecule has 0 bridgehead atoms. The number of benzene rings is 4. The molecule has 0 aliphatic carbocycles. The predicted molar refractivity (Wildman–Crippen MR) is 200 cm³/mol. The van der Waals surface area contributed by atoms with Crippen LogP contribution in [-0.4, -0.2) is 41.2 Å². The lowest BCUT2D eigenvalue weighted by molar-refractivity contribution is -0.384. The van der Waals surface area contributed by atoms with Crippen LogP contribution in [0.3, 0.4) is 0 Å². The zero-order chi connectivity index (χ0) is 37.5. The fourth-order valence-electron chi connectivity index (χ4n) is 5.40. The van der Waals surface area contributed by atoms with Crippen molar-refractivity contribution in [3.63, 3.8) is 0 Å². The number of nitrogens with zero attached hydrogens (tertiary/aromatic N) is 1. The standard InChI is InChI=1S/C39H43Cl2N3O7/c1-38(2,3)50-32-16-8-24(9-17-32)20-33(37(46)51-39(4,5)6)43-36(45)34(25-12-18-31(49-7)19-13-25)35(26-10-14-30(15-11-26)44(47)48)42-29-22-27(40)21-28(41)23-29/h8-19,21-23,33-35,42H,20H2,1-7H3,(H,43,45)/t33-,34-,35-/m1/s1. The summed E-state index contributed by atoms with van der Waals surface area (Å²) in [7, 11) is 1.54. The minimum absolute atomic E-state index is 0.113. The summed E-state index contributed by atoms with van der Waals surface area (Å²) >= 11 is 12.7. The SMILES string of the molecule is COc1ccc([C@@H](C(=O)N[C@H](Cc2ccc(OC(C)(C)C)cc2)C(=O)OC(C)(C)C)[C@H](Nc2cc(Cl)cc(Cl)c2)c2ccc([N+](=O)[O-])cc2)cc1. The summed E-state index contributed by atoms with van der Waals surface area (Å²) in [5.74, 6) is -0.872. The second-order valence-corrected chi connectivity index (χ2v) is 14.9. The zero-order valence-corrected chi connectivity index (χ0v) is 31.2. The summed E-state index contributed by atoms with van der Waals surface area (Å²) < 4.78 is 17.1. The Morgan fingerprint density at radius 1 is 0.784 bits per heavy atom. The number of nitro groups is 1. The Hall–Kier alpha value is -4.80. The second kappa shape index (κ2) is 16.5. The van der Waals surface area contributed by atoms with Crippen LogP contribution < -0.4 is 20.1 Å². The third-order valence-electron chi connectivity index (χ3n) is 7.53. The molecule has 0 saturated carbocycles. The molecule has 2 N–H and O–H groups in total. The van der Waals surface area contributed by atoms with Crippen molar-refractivity contribution >= 4 is 46.5 Å². The summed E-state index contributed by atoms with van der Waals surface area (Å²) in [6, 6.07) is 23.2. The molecule has 0 fully saturated rings. The smallest absolute Gasteiger partial charge is 0.329 e. The first kappa shape index (κ1) is 39.0. The van der Waals surface area contributed by atoms with E-state index in [9.17, 15) is 19.7 Å². The predicted octanol–water partition coefficient (Wildman–Crippen LogP) is 9.09. The van der Waals surface area contributed by atoms with Gasteiger partial charge in [-0.15, -0.1) is 0 Å². The number of carbonyl (C=O) groups is 2. The molecular formula is C39H43Cl2N3O7. The molecule has 10 nitrogen and oxygen atoms in total. The number of anilines is 1. The molecule has 270 valence electrons. The van der Waals surface area contributed by atoms with Crippen LogP contribution in [0.2, 0.25) is 10.0 Å². The number of halogens is 2. The third kappa shape index (κ3) is 11.6. The summed E-state index contributed by atoms with van der Waals surface area (Å²) in [6.07, 6.45) is 0.130. The first-order valence-corrected chi connectivity index (χ1v) is 17.1. The van der Waals surface area contributed by atoms with E-state index in [0.717, 1.165) is 5.56 Å². The average Bonchev–Trinajstić information content (AvgIpc) is 3.03. The largest absolute Gasteiger partial charge is 0.497 e. The van der Waals surface area contributed by atoms with Gasteiger partial charge in [0.25, 0.3) is 5.69 Å². The van der Waals surface area contributed by atoms with Crippen molar-refractivity contribution in [2.24, 2.45) is 0 Å². The zero-order valence-electron chi connectivity index (χ0n) is 29.7. The Bertz CT molecular complexity index is 1800. The van der Waals surface area contributed by atoms with Crippen molar-refractivity contribution in [3.8, 4) is 11.5 Å². The maximum absolute atomic E-state index is 14.7. The molecular weight excluding hydrogens is 693 g/mol. The van der Waals surface area contributed by atoms with Gasteiger partial charge < -0.3 is 24.8 Å². The van der Waals surface area contributed by atoms with E-state index in [1.165, 1.54) is 19.2 Å². The highest BCUT2D eigenvalue weighted by atomic mass is 35.5. The number of ether oxygens (including phenoxy) is 3. The summed E-state index contributed by atoms with van der Waals surface area (Å²) in [5, 5.41) is 18.6. The summed E-state index contributed by atoms with van der Waals surface area (Å²) in [4.78, 5) is 39.5. The van der Waals surface area contributed by atoms with Crippen LogP contribution in [-0.2, 0) is 20.7 Å². The molecule has 0 spiro atoms. The number of hydrogen-bond acceptors (Lipinski definition) is 8. The molecule has 4 rings (SSSR count). The van der Waals surface area contributed by atoms with Gasteiger partial charge >= 0.3 is 5.97 Å². The highest BCUT2D eigenvalue weighted by Gasteiger charge is 2.36. The van der Waals surface area contributed by atoms with Gasteiger partial charge in [0.1, 0.15) is 28.7 Å². The number of nitro benzene ring substituents is 1. The Morgan fingerprint density at radius 3 is 1.84 bits per heavy atom. The molecule has 0 aromatic heterocycles. The molecule has 12 heteroatoms. The maximum atomic E-state index is 14.7. The normalized spacial score (nSPS) is 13.4. The highest BCUT2D eigenvalue weighted by molar-refractivity contribution is 6.35. The first-order chi connectivity index (χ1) is 23.9. The van der Waals surface area contributed by atoms with Crippen molar-refractivity contribution < 1.29 is 28.7 Å². The molecule has 0 unspecified atom stereocenters. The highest BCUT2D eigenvalue weighted by Crippen LogP contribution is 2.37. The number of esters is 1. The lowest BCUT2D eigenvalue weighted by atomic mass is 9.85. The lowest BCUT2D eigenvalue weighted by Crippen LogP contribution is -2.48. The molecule has 4 aromatic carbocycles. The summed E-state index contributed by atoms with van der Waals surface area (Å²) in [6.45, 7) is 11.1. The van der Waals surface area contributed by atoms with Crippen LogP contribution in [0.15, 0.2) is 91.0 Å². The van der Waals surface area contributed by atoms with E-state index in [1.54, 1.807) is 75.4 Å². The molecule has 0 saturated heterocycles. The van der Waals surface area contributed by atoms with E-state index in [0.29, 0.717) is 38.4 Å².